The lowest BCUT2D eigenvalue weighted by Crippen LogP contribution is -2.24. The van der Waals surface area contributed by atoms with Gasteiger partial charge in [-0.3, -0.25) is 9.59 Å². The van der Waals surface area contributed by atoms with Crippen LogP contribution in [0.25, 0.3) is 0 Å². The molecule has 156 valence electrons. The highest BCUT2D eigenvalue weighted by atomic mass is 79.9. The van der Waals surface area contributed by atoms with Crippen molar-refractivity contribution in [3.63, 3.8) is 0 Å². The summed E-state index contributed by atoms with van der Waals surface area (Å²) in [6.45, 7) is 0.164. The fourth-order valence-corrected chi connectivity index (χ4v) is 3.68. The normalized spacial score (nSPS) is 10.7. The summed E-state index contributed by atoms with van der Waals surface area (Å²) >= 11 is 4.11. The molecule has 0 bridgehead atoms. The predicted molar refractivity (Wildman–Crippen MR) is 112 cm³/mol. The van der Waals surface area contributed by atoms with Gasteiger partial charge in [0.05, 0.1) is 18.0 Å². The number of anilines is 1. The average molecular weight is 496 g/mol. The van der Waals surface area contributed by atoms with Gasteiger partial charge in [0.2, 0.25) is 5.91 Å². The molecule has 0 aliphatic rings. The SMILES string of the molecule is Cn1c(CNC(=O)c2ccccc2)nnc1SCC(=O)Nc1c(F)cc(F)cc1Br. The number of nitrogens with one attached hydrogen (secondary N) is 2. The fourth-order valence-electron chi connectivity index (χ4n) is 2.44. The smallest absolute Gasteiger partial charge is 0.251 e. The van der Waals surface area contributed by atoms with Gasteiger partial charge in [-0.15, -0.1) is 10.2 Å². The van der Waals surface area contributed by atoms with E-state index in [1.54, 1.807) is 35.9 Å². The molecule has 0 radical (unpaired) electrons. The van der Waals surface area contributed by atoms with Crippen molar-refractivity contribution in [2.75, 3.05) is 11.1 Å². The van der Waals surface area contributed by atoms with Gasteiger partial charge in [-0.1, -0.05) is 30.0 Å². The zero-order valence-electron chi connectivity index (χ0n) is 15.7. The van der Waals surface area contributed by atoms with Crippen molar-refractivity contribution in [1.29, 1.82) is 0 Å². The van der Waals surface area contributed by atoms with Crippen LogP contribution < -0.4 is 10.6 Å². The minimum atomic E-state index is -0.879. The van der Waals surface area contributed by atoms with Gasteiger partial charge in [-0.2, -0.15) is 0 Å². The molecule has 2 aromatic carbocycles. The Morgan fingerprint density at radius 3 is 2.60 bits per heavy atom. The molecular formula is C19H16BrF2N5O2S. The van der Waals surface area contributed by atoms with Crippen molar-refractivity contribution in [3.8, 4) is 0 Å². The van der Waals surface area contributed by atoms with Crippen molar-refractivity contribution < 1.29 is 18.4 Å². The second kappa shape index (κ2) is 9.81. The summed E-state index contributed by atoms with van der Waals surface area (Å²) in [6.07, 6.45) is 0. The zero-order valence-corrected chi connectivity index (χ0v) is 18.1. The molecule has 0 fully saturated rings. The Morgan fingerprint density at radius 1 is 1.17 bits per heavy atom. The number of nitrogens with zero attached hydrogens (tertiary/aromatic N) is 3. The summed E-state index contributed by atoms with van der Waals surface area (Å²) in [7, 11) is 1.71. The van der Waals surface area contributed by atoms with E-state index in [-0.39, 0.29) is 28.4 Å². The Hall–Kier alpha value is -2.79. The number of carbonyl (C=O) groups excluding carboxylic acids is 2. The molecule has 0 aliphatic carbocycles. The van der Waals surface area contributed by atoms with Crippen LogP contribution in [0.2, 0.25) is 0 Å². The molecule has 0 spiro atoms. The maximum Gasteiger partial charge on any atom is 0.251 e. The van der Waals surface area contributed by atoms with E-state index in [0.29, 0.717) is 22.6 Å². The second-order valence-corrected chi connectivity index (χ2v) is 7.88. The largest absolute Gasteiger partial charge is 0.345 e. The van der Waals surface area contributed by atoms with E-state index in [0.717, 1.165) is 17.8 Å². The van der Waals surface area contributed by atoms with Gasteiger partial charge in [0.15, 0.2) is 16.8 Å². The molecule has 0 atom stereocenters. The van der Waals surface area contributed by atoms with E-state index in [4.69, 9.17) is 0 Å². The lowest BCUT2D eigenvalue weighted by Gasteiger charge is -2.09. The van der Waals surface area contributed by atoms with Gasteiger partial charge in [0.1, 0.15) is 5.82 Å². The van der Waals surface area contributed by atoms with Crippen molar-refractivity contribution >= 4 is 45.2 Å². The van der Waals surface area contributed by atoms with Crippen LogP contribution in [0.5, 0.6) is 0 Å². The quantitative estimate of drug-likeness (QED) is 0.489. The minimum Gasteiger partial charge on any atom is -0.345 e. The number of rotatable bonds is 7. The zero-order chi connectivity index (χ0) is 21.7. The molecule has 3 rings (SSSR count). The predicted octanol–water partition coefficient (Wildman–Crippen LogP) is 3.52. The van der Waals surface area contributed by atoms with E-state index in [1.165, 1.54) is 0 Å². The van der Waals surface area contributed by atoms with Crippen LogP contribution in [-0.4, -0.2) is 32.3 Å². The summed E-state index contributed by atoms with van der Waals surface area (Å²) in [5, 5.41) is 13.6. The minimum absolute atomic E-state index is 0.0639. The van der Waals surface area contributed by atoms with Crippen molar-refractivity contribution in [3.05, 3.63) is 70.0 Å². The monoisotopic (exact) mass is 495 g/mol. The van der Waals surface area contributed by atoms with Gasteiger partial charge >= 0.3 is 0 Å². The van der Waals surface area contributed by atoms with E-state index < -0.39 is 17.5 Å². The Balaban J connectivity index is 1.55. The Bertz CT molecular complexity index is 1060. The molecule has 0 saturated carbocycles. The Kier molecular flexibility index (Phi) is 7.16. The lowest BCUT2D eigenvalue weighted by atomic mass is 10.2. The van der Waals surface area contributed by atoms with Crippen LogP contribution in [0, 0.1) is 11.6 Å². The number of hydrogen-bond acceptors (Lipinski definition) is 5. The molecule has 0 unspecified atom stereocenters. The average Bonchev–Trinajstić information content (AvgIpc) is 3.07. The topological polar surface area (TPSA) is 88.9 Å². The van der Waals surface area contributed by atoms with Crippen LogP contribution >= 0.6 is 27.7 Å². The number of benzene rings is 2. The van der Waals surface area contributed by atoms with E-state index in [1.807, 2.05) is 6.07 Å². The van der Waals surface area contributed by atoms with Crippen LogP contribution in [0.4, 0.5) is 14.5 Å². The molecule has 11 heteroatoms. The molecule has 0 aliphatic heterocycles. The van der Waals surface area contributed by atoms with E-state index in [9.17, 15) is 18.4 Å². The number of hydrogen-bond donors (Lipinski definition) is 2. The first-order valence-electron chi connectivity index (χ1n) is 8.64. The maximum atomic E-state index is 13.8. The summed E-state index contributed by atoms with van der Waals surface area (Å²) in [5.41, 5.74) is 0.398. The molecule has 2 N–H and O–H groups in total. The molecule has 3 aromatic rings. The number of carbonyl (C=O) groups is 2. The molecular weight excluding hydrogens is 480 g/mol. The standard InChI is InChI=1S/C19H16BrF2N5O2S/c1-27-15(9-23-18(29)11-5-3-2-4-6-11)25-26-19(27)30-10-16(28)24-17-13(20)7-12(21)8-14(17)22/h2-8H,9-10H2,1H3,(H,23,29)(H,24,28). The molecule has 30 heavy (non-hydrogen) atoms. The summed E-state index contributed by atoms with van der Waals surface area (Å²) in [4.78, 5) is 24.3. The van der Waals surface area contributed by atoms with E-state index in [2.05, 4.69) is 36.8 Å². The first kappa shape index (κ1) is 21.9. The Morgan fingerprint density at radius 2 is 1.90 bits per heavy atom. The molecule has 2 amide bonds. The van der Waals surface area contributed by atoms with Crippen LogP contribution in [0.3, 0.4) is 0 Å². The van der Waals surface area contributed by atoms with Gasteiger partial charge in [0.25, 0.3) is 5.91 Å². The maximum absolute atomic E-state index is 13.8. The molecule has 0 saturated heterocycles. The van der Waals surface area contributed by atoms with E-state index >= 15 is 0 Å². The summed E-state index contributed by atoms with van der Waals surface area (Å²) in [5.74, 6) is -1.92. The van der Waals surface area contributed by atoms with Crippen LogP contribution in [0.15, 0.2) is 52.1 Å². The molecule has 7 nitrogen and oxygen atoms in total. The number of amides is 2. The van der Waals surface area contributed by atoms with Crippen molar-refractivity contribution in [2.24, 2.45) is 7.05 Å². The highest BCUT2D eigenvalue weighted by Gasteiger charge is 2.16. The number of aromatic nitrogens is 3. The third-order valence-corrected chi connectivity index (χ3v) is 5.62. The third-order valence-electron chi connectivity index (χ3n) is 3.97. The van der Waals surface area contributed by atoms with Crippen molar-refractivity contribution in [1.82, 2.24) is 20.1 Å². The molecule has 1 heterocycles. The van der Waals surface area contributed by atoms with Gasteiger partial charge in [-0.05, 0) is 34.1 Å². The van der Waals surface area contributed by atoms with Gasteiger partial charge in [-0.25, -0.2) is 8.78 Å². The van der Waals surface area contributed by atoms with Crippen LogP contribution in [-0.2, 0) is 18.4 Å². The van der Waals surface area contributed by atoms with Crippen molar-refractivity contribution in [2.45, 2.75) is 11.7 Å². The fraction of sp³-hybridized carbons (Fsp3) is 0.158. The second-order valence-electron chi connectivity index (χ2n) is 6.09. The van der Waals surface area contributed by atoms with Gasteiger partial charge in [0, 0.05) is 23.2 Å². The molecule has 1 aromatic heterocycles. The number of thioether (sulfide) groups is 1. The Labute approximate surface area is 183 Å². The lowest BCUT2D eigenvalue weighted by molar-refractivity contribution is -0.113. The third kappa shape index (κ3) is 5.42. The summed E-state index contributed by atoms with van der Waals surface area (Å²) in [6, 6.07) is 10.5. The summed E-state index contributed by atoms with van der Waals surface area (Å²) < 4.78 is 28.7. The first-order chi connectivity index (χ1) is 14.3. The van der Waals surface area contributed by atoms with Gasteiger partial charge < -0.3 is 15.2 Å². The van der Waals surface area contributed by atoms with Crippen LogP contribution in [0.1, 0.15) is 16.2 Å². The highest BCUT2D eigenvalue weighted by Crippen LogP contribution is 2.27. The highest BCUT2D eigenvalue weighted by molar-refractivity contribution is 9.10. The number of halogens is 3. The first-order valence-corrected chi connectivity index (χ1v) is 10.4.